The highest BCUT2D eigenvalue weighted by Crippen LogP contribution is 2.27. The zero-order chi connectivity index (χ0) is 11.7. The fraction of sp³-hybridized carbons (Fsp3) is 0.500. The van der Waals surface area contributed by atoms with Crippen LogP contribution >= 0.6 is 11.6 Å². The summed E-state index contributed by atoms with van der Waals surface area (Å²) in [7, 11) is 0. The van der Waals surface area contributed by atoms with Gasteiger partial charge in [0.05, 0.1) is 11.4 Å². The highest BCUT2D eigenvalue weighted by Gasteiger charge is 2.22. The van der Waals surface area contributed by atoms with E-state index in [-0.39, 0.29) is 0 Å². The highest BCUT2D eigenvalue weighted by atomic mass is 35.5. The topological polar surface area (TPSA) is 41.3 Å². The number of nitrogens with two attached hydrogens (primary N) is 1. The fourth-order valence-electron chi connectivity index (χ4n) is 2.34. The molecule has 16 heavy (non-hydrogen) atoms. The SMILES string of the molecule is C[C@H]1CN(c2ccc(Cl)cc2N)C[C@H](C)N1. The first-order chi connectivity index (χ1) is 7.56. The van der Waals surface area contributed by atoms with E-state index in [2.05, 4.69) is 24.1 Å². The second kappa shape index (κ2) is 4.52. The van der Waals surface area contributed by atoms with Crippen LogP contribution in [0.15, 0.2) is 18.2 Å². The molecular formula is C12H18ClN3. The van der Waals surface area contributed by atoms with Crippen molar-refractivity contribution in [3.63, 3.8) is 0 Å². The lowest BCUT2D eigenvalue weighted by molar-refractivity contribution is 0.407. The molecule has 1 aromatic carbocycles. The Morgan fingerprint density at radius 1 is 1.31 bits per heavy atom. The van der Waals surface area contributed by atoms with Gasteiger partial charge in [0.15, 0.2) is 0 Å². The molecule has 1 aromatic rings. The predicted octanol–water partition coefficient (Wildman–Crippen LogP) is 2.11. The number of hydrogen-bond acceptors (Lipinski definition) is 3. The van der Waals surface area contributed by atoms with Gasteiger partial charge in [0.1, 0.15) is 0 Å². The van der Waals surface area contributed by atoms with Crippen molar-refractivity contribution in [2.45, 2.75) is 25.9 Å². The van der Waals surface area contributed by atoms with Crippen LogP contribution < -0.4 is 16.0 Å². The minimum atomic E-state index is 0.485. The van der Waals surface area contributed by atoms with Crippen LogP contribution in [0.1, 0.15) is 13.8 Å². The molecule has 88 valence electrons. The Hall–Kier alpha value is -0.930. The standard InChI is InChI=1S/C12H18ClN3/c1-8-6-16(7-9(2)15-8)12-4-3-10(13)5-11(12)14/h3-5,8-9,15H,6-7,14H2,1-2H3/t8-,9-/m0/s1. The van der Waals surface area contributed by atoms with Crippen LogP contribution in [-0.2, 0) is 0 Å². The van der Waals surface area contributed by atoms with Gasteiger partial charge >= 0.3 is 0 Å². The smallest absolute Gasteiger partial charge is 0.0602 e. The summed E-state index contributed by atoms with van der Waals surface area (Å²) in [6.07, 6.45) is 0. The summed E-state index contributed by atoms with van der Waals surface area (Å²) in [5.74, 6) is 0. The van der Waals surface area contributed by atoms with Crippen LogP contribution in [0.5, 0.6) is 0 Å². The summed E-state index contributed by atoms with van der Waals surface area (Å²) in [6, 6.07) is 6.68. The third-order valence-electron chi connectivity index (χ3n) is 2.89. The lowest BCUT2D eigenvalue weighted by Crippen LogP contribution is -2.54. The molecule has 2 rings (SSSR count). The van der Waals surface area contributed by atoms with Gasteiger partial charge in [-0.15, -0.1) is 0 Å². The molecule has 1 aliphatic heterocycles. The lowest BCUT2D eigenvalue weighted by Gasteiger charge is -2.38. The first-order valence-corrected chi connectivity index (χ1v) is 6.00. The summed E-state index contributed by atoms with van der Waals surface area (Å²) in [6.45, 7) is 6.34. The molecule has 1 heterocycles. The molecule has 0 radical (unpaired) electrons. The van der Waals surface area contributed by atoms with Crippen molar-refractivity contribution >= 4 is 23.0 Å². The number of hydrogen-bond donors (Lipinski definition) is 2. The molecule has 0 saturated carbocycles. The van der Waals surface area contributed by atoms with Crippen molar-refractivity contribution in [3.8, 4) is 0 Å². The first-order valence-electron chi connectivity index (χ1n) is 5.62. The van der Waals surface area contributed by atoms with Gasteiger partial charge in [-0.25, -0.2) is 0 Å². The Morgan fingerprint density at radius 2 is 1.94 bits per heavy atom. The molecule has 0 aliphatic carbocycles. The van der Waals surface area contributed by atoms with E-state index in [1.165, 1.54) is 0 Å². The third-order valence-corrected chi connectivity index (χ3v) is 3.12. The van der Waals surface area contributed by atoms with Crippen molar-refractivity contribution in [3.05, 3.63) is 23.2 Å². The molecule has 1 saturated heterocycles. The van der Waals surface area contributed by atoms with E-state index in [0.29, 0.717) is 17.1 Å². The Morgan fingerprint density at radius 3 is 2.50 bits per heavy atom. The van der Waals surface area contributed by atoms with Crippen molar-refractivity contribution in [1.82, 2.24) is 5.32 Å². The van der Waals surface area contributed by atoms with Gasteiger partial charge < -0.3 is 16.0 Å². The van der Waals surface area contributed by atoms with Gasteiger partial charge in [-0.3, -0.25) is 0 Å². The molecular weight excluding hydrogens is 222 g/mol. The van der Waals surface area contributed by atoms with E-state index >= 15 is 0 Å². The minimum Gasteiger partial charge on any atom is -0.397 e. The molecule has 4 heteroatoms. The molecule has 0 bridgehead atoms. The van der Waals surface area contributed by atoms with Crippen LogP contribution in [0, 0.1) is 0 Å². The van der Waals surface area contributed by atoms with E-state index in [1.807, 2.05) is 18.2 Å². The molecule has 0 amide bonds. The van der Waals surface area contributed by atoms with Crippen LogP contribution in [-0.4, -0.2) is 25.2 Å². The van der Waals surface area contributed by atoms with Gasteiger partial charge in [-0.2, -0.15) is 0 Å². The zero-order valence-electron chi connectivity index (χ0n) is 9.70. The summed E-state index contributed by atoms with van der Waals surface area (Å²) in [5, 5.41) is 4.19. The van der Waals surface area contributed by atoms with E-state index in [0.717, 1.165) is 24.5 Å². The zero-order valence-corrected chi connectivity index (χ0v) is 10.5. The quantitative estimate of drug-likeness (QED) is 0.738. The predicted molar refractivity (Wildman–Crippen MR) is 70.1 cm³/mol. The minimum absolute atomic E-state index is 0.485. The Kier molecular flexibility index (Phi) is 3.26. The van der Waals surface area contributed by atoms with E-state index in [1.54, 1.807) is 0 Å². The van der Waals surface area contributed by atoms with E-state index in [9.17, 15) is 0 Å². The van der Waals surface area contributed by atoms with Gasteiger partial charge in [-0.05, 0) is 32.0 Å². The Labute approximate surface area is 102 Å². The molecule has 1 aliphatic rings. The summed E-state index contributed by atoms with van der Waals surface area (Å²) in [4.78, 5) is 2.32. The average Bonchev–Trinajstić information content (AvgIpc) is 2.15. The third kappa shape index (κ3) is 2.42. The summed E-state index contributed by atoms with van der Waals surface area (Å²) >= 11 is 5.90. The number of nitrogens with zero attached hydrogens (tertiary/aromatic N) is 1. The van der Waals surface area contributed by atoms with Crippen molar-refractivity contribution in [1.29, 1.82) is 0 Å². The van der Waals surface area contributed by atoms with Crippen LogP contribution in [0.25, 0.3) is 0 Å². The number of rotatable bonds is 1. The highest BCUT2D eigenvalue weighted by molar-refractivity contribution is 6.31. The largest absolute Gasteiger partial charge is 0.397 e. The Bertz CT molecular complexity index is 371. The lowest BCUT2D eigenvalue weighted by atomic mass is 10.1. The maximum absolute atomic E-state index is 6.00. The van der Waals surface area contributed by atoms with Crippen molar-refractivity contribution < 1.29 is 0 Å². The summed E-state index contributed by atoms with van der Waals surface area (Å²) in [5.41, 5.74) is 7.84. The molecule has 2 atom stereocenters. The fourth-order valence-corrected chi connectivity index (χ4v) is 2.52. The number of nitrogens with one attached hydrogen (secondary N) is 1. The van der Waals surface area contributed by atoms with E-state index in [4.69, 9.17) is 17.3 Å². The van der Waals surface area contributed by atoms with Crippen molar-refractivity contribution in [2.75, 3.05) is 23.7 Å². The average molecular weight is 240 g/mol. The van der Waals surface area contributed by atoms with Gasteiger partial charge in [0.25, 0.3) is 0 Å². The first kappa shape index (κ1) is 11.6. The number of nitrogen functional groups attached to an aromatic ring is 1. The maximum atomic E-state index is 6.00. The van der Waals surface area contributed by atoms with Crippen LogP contribution in [0.4, 0.5) is 11.4 Å². The van der Waals surface area contributed by atoms with E-state index < -0.39 is 0 Å². The molecule has 0 spiro atoms. The number of benzene rings is 1. The molecule has 3 nitrogen and oxygen atoms in total. The number of anilines is 2. The van der Waals surface area contributed by atoms with Gasteiger partial charge in [0.2, 0.25) is 0 Å². The Balaban J connectivity index is 2.23. The molecule has 3 N–H and O–H groups in total. The summed E-state index contributed by atoms with van der Waals surface area (Å²) < 4.78 is 0. The number of halogens is 1. The maximum Gasteiger partial charge on any atom is 0.0602 e. The second-order valence-corrected chi connectivity index (χ2v) is 5.01. The van der Waals surface area contributed by atoms with Gasteiger partial charge in [-0.1, -0.05) is 11.6 Å². The molecule has 0 unspecified atom stereocenters. The monoisotopic (exact) mass is 239 g/mol. The van der Waals surface area contributed by atoms with Crippen LogP contribution in [0.2, 0.25) is 5.02 Å². The van der Waals surface area contributed by atoms with Crippen LogP contribution in [0.3, 0.4) is 0 Å². The van der Waals surface area contributed by atoms with Gasteiger partial charge in [0, 0.05) is 30.2 Å². The van der Waals surface area contributed by atoms with Crippen molar-refractivity contribution in [2.24, 2.45) is 0 Å². The molecule has 0 aromatic heterocycles. The number of piperazine rings is 1. The molecule has 1 fully saturated rings. The normalized spacial score (nSPS) is 25.8. The second-order valence-electron chi connectivity index (χ2n) is 4.58.